The highest BCUT2D eigenvalue weighted by molar-refractivity contribution is 5.77. The lowest BCUT2D eigenvalue weighted by Crippen LogP contribution is -2.30. The molecule has 96 valence electrons. The number of fused-ring (bicyclic) bond motifs is 1. The maximum Gasteiger partial charge on any atom is 0.258 e. The van der Waals surface area contributed by atoms with Crippen molar-refractivity contribution in [2.24, 2.45) is 0 Å². The zero-order chi connectivity index (χ0) is 13.0. The summed E-state index contributed by atoms with van der Waals surface area (Å²) in [4.78, 5) is 18.7. The van der Waals surface area contributed by atoms with E-state index in [4.69, 9.17) is 10.2 Å². The van der Waals surface area contributed by atoms with Gasteiger partial charge in [-0.1, -0.05) is 12.1 Å². The van der Waals surface area contributed by atoms with Gasteiger partial charge in [0.05, 0.1) is 30.2 Å². The Kier molecular flexibility index (Phi) is 4.03. The van der Waals surface area contributed by atoms with Gasteiger partial charge in [0.1, 0.15) is 5.82 Å². The lowest BCUT2D eigenvalue weighted by atomic mass is 10.2. The molecule has 0 aliphatic rings. The second kappa shape index (κ2) is 5.72. The molecule has 0 fully saturated rings. The van der Waals surface area contributed by atoms with Crippen molar-refractivity contribution in [2.45, 2.75) is 12.6 Å². The highest BCUT2D eigenvalue weighted by Crippen LogP contribution is 2.05. The van der Waals surface area contributed by atoms with Crippen LogP contribution in [-0.4, -0.2) is 39.4 Å². The molecular weight excluding hydrogens is 234 g/mol. The summed E-state index contributed by atoms with van der Waals surface area (Å²) >= 11 is 0. The van der Waals surface area contributed by atoms with Crippen molar-refractivity contribution in [3.05, 3.63) is 40.4 Å². The van der Waals surface area contributed by atoms with Crippen molar-refractivity contribution in [1.29, 1.82) is 0 Å². The third-order valence-corrected chi connectivity index (χ3v) is 2.55. The highest BCUT2D eigenvalue weighted by Gasteiger charge is 2.04. The van der Waals surface area contributed by atoms with Crippen molar-refractivity contribution in [3.63, 3.8) is 0 Å². The molecule has 0 saturated carbocycles. The molecule has 0 aliphatic heterocycles. The Hall–Kier alpha value is -1.76. The number of hydrogen-bond acceptors (Lipinski definition) is 5. The van der Waals surface area contributed by atoms with E-state index in [-0.39, 0.29) is 18.7 Å². The van der Waals surface area contributed by atoms with Gasteiger partial charge in [-0.05, 0) is 12.1 Å². The maximum atomic E-state index is 11.7. The molecule has 0 spiro atoms. The summed E-state index contributed by atoms with van der Waals surface area (Å²) in [6, 6.07) is 7.10. The summed E-state index contributed by atoms with van der Waals surface area (Å²) in [5, 5.41) is 21.3. The van der Waals surface area contributed by atoms with Gasteiger partial charge in [-0.3, -0.25) is 4.79 Å². The Morgan fingerprint density at radius 3 is 2.94 bits per heavy atom. The van der Waals surface area contributed by atoms with Crippen LogP contribution in [0.5, 0.6) is 0 Å². The zero-order valence-electron chi connectivity index (χ0n) is 9.76. The van der Waals surface area contributed by atoms with Crippen LogP contribution in [0.25, 0.3) is 10.9 Å². The fourth-order valence-electron chi connectivity index (χ4n) is 1.64. The lowest BCUT2D eigenvalue weighted by Gasteiger charge is -2.08. The maximum absolute atomic E-state index is 11.7. The molecule has 0 saturated heterocycles. The molecule has 6 nitrogen and oxygen atoms in total. The number of aromatic amines is 1. The van der Waals surface area contributed by atoms with E-state index in [1.54, 1.807) is 18.2 Å². The monoisotopic (exact) mass is 249 g/mol. The quantitative estimate of drug-likeness (QED) is 0.565. The molecule has 18 heavy (non-hydrogen) atoms. The number of aromatic nitrogens is 2. The minimum absolute atomic E-state index is 0.180. The Morgan fingerprint density at radius 2 is 2.17 bits per heavy atom. The smallest absolute Gasteiger partial charge is 0.258 e. The highest BCUT2D eigenvalue weighted by atomic mass is 16.3. The van der Waals surface area contributed by atoms with Crippen LogP contribution < -0.4 is 10.9 Å². The SMILES string of the molecule is O=c1[nH]c(CNCC(O)CO)nc2ccccc12. The number of aliphatic hydroxyl groups is 2. The third-order valence-electron chi connectivity index (χ3n) is 2.55. The van der Waals surface area contributed by atoms with Crippen molar-refractivity contribution in [3.8, 4) is 0 Å². The molecule has 1 atom stereocenters. The van der Waals surface area contributed by atoms with Gasteiger partial charge in [0.2, 0.25) is 0 Å². The van der Waals surface area contributed by atoms with E-state index in [0.29, 0.717) is 23.3 Å². The van der Waals surface area contributed by atoms with Crippen LogP contribution in [-0.2, 0) is 6.54 Å². The van der Waals surface area contributed by atoms with E-state index in [2.05, 4.69) is 15.3 Å². The summed E-state index contributed by atoms with van der Waals surface area (Å²) < 4.78 is 0. The van der Waals surface area contributed by atoms with Crippen LogP contribution in [0, 0.1) is 0 Å². The second-order valence-electron chi connectivity index (χ2n) is 4.00. The van der Waals surface area contributed by atoms with Gasteiger partial charge in [0, 0.05) is 6.54 Å². The molecule has 4 N–H and O–H groups in total. The number of benzene rings is 1. The Balaban J connectivity index is 2.12. The zero-order valence-corrected chi connectivity index (χ0v) is 9.76. The predicted molar refractivity (Wildman–Crippen MR) is 67.2 cm³/mol. The van der Waals surface area contributed by atoms with E-state index < -0.39 is 6.10 Å². The van der Waals surface area contributed by atoms with Crippen molar-refractivity contribution in [1.82, 2.24) is 15.3 Å². The minimum atomic E-state index is -0.808. The number of nitrogens with zero attached hydrogens (tertiary/aromatic N) is 1. The first-order valence-electron chi connectivity index (χ1n) is 5.68. The fraction of sp³-hybridized carbons (Fsp3) is 0.333. The number of rotatable bonds is 5. The molecule has 0 aliphatic carbocycles. The van der Waals surface area contributed by atoms with E-state index >= 15 is 0 Å². The standard InChI is InChI=1S/C12H15N3O3/c16-7-8(17)5-13-6-11-14-10-4-2-1-3-9(10)12(18)15-11/h1-4,8,13,16-17H,5-7H2,(H,14,15,18). The van der Waals surface area contributed by atoms with Crippen molar-refractivity contribution < 1.29 is 10.2 Å². The molecule has 1 unspecified atom stereocenters. The minimum Gasteiger partial charge on any atom is -0.394 e. The normalized spacial score (nSPS) is 12.8. The van der Waals surface area contributed by atoms with Crippen molar-refractivity contribution >= 4 is 10.9 Å². The first-order chi connectivity index (χ1) is 8.70. The van der Waals surface area contributed by atoms with Crippen LogP contribution in [0.3, 0.4) is 0 Å². The lowest BCUT2D eigenvalue weighted by molar-refractivity contribution is 0.0941. The van der Waals surface area contributed by atoms with Gasteiger partial charge >= 0.3 is 0 Å². The Labute approximate surface area is 103 Å². The van der Waals surface area contributed by atoms with Gasteiger partial charge in [0.25, 0.3) is 5.56 Å². The molecule has 6 heteroatoms. The van der Waals surface area contributed by atoms with E-state index in [1.807, 2.05) is 6.07 Å². The second-order valence-corrected chi connectivity index (χ2v) is 4.00. The molecule has 1 aromatic heterocycles. The largest absolute Gasteiger partial charge is 0.394 e. The van der Waals surface area contributed by atoms with Crippen molar-refractivity contribution in [2.75, 3.05) is 13.2 Å². The fourth-order valence-corrected chi connectivity index (χ4v) is 1.64. The van der Waals surface area contributed by atoms with E-state index in [0.717, 1.165) is 0 Å². The van der Waals surface area contributed by atoms with Gasteiger partial charge in [0.15, 0.2) is 0 Å². The topological polar surface area (TPSA) is 98.2 Å². The number of para-hydroxylation sites is 1. The summed E-state index contributed by atoms with van der Waals surface area (Å²) in [6.45, 7) is 0.277. The van der Waals surface area contributed by atoms with Gasteiger partial charge in [-0.25, -0.2) is 4.98 Å². The van der Waals surface area contributed by atoms with Crippen LogP contribution in [0.15, 0.2) is 29.1 Å². The summed E-state index contributed by atoms with van der Waals surface area (Å²) in [6.07, 6.45) is -0.808. The van der Waals surface area contributed by atoms with Gasteiger partial charge in [-0.2, -0.15) is 0 Å². The Morgan fingerprint density at radius 1 is 1.39 bits per heavy atom. The first kappa shape index (κ1) is 12.7. The van der Waals surface area contributed by atoms with Crippen LogP contribution in [0.2, 0.25) is 0 Å². The van der Waals surface area contributed by atoms with Crippen LogP contribution in [0.4, 0.5) is 0 Å². The molecule has 0 radical (unpaired) electrons. The molecule has 2 aromatic rings. The average molecular weight is 249 g/mol. The van der Waals surface area contributed by atoms with Crippen LogP contribution in [0.1, 0.15) is 5.82 Å². The third kappa shape index (κ3) is 2.92. The molecular formula is C12H15N3O3. The van der Waals surface area contributed by atoms with E-state index in [1.165, 1.54) is 0 Å². The number of aliphatic hydroxyl groups excluding tert-OH is 2. The van der Waals surface area contributed by atoms with Gasteiger partial charge in [-0.15, -0.1) is 0 Å². The summed E-state index contributed by atoms with van der Waals surface area (Å²) in [5.74, 6) is 0.504. The van der Waals surface area contributed by atoms with E-state index in [9.17, 15) is 4.79 Å². The molecule has 0 amide bonds. The summed E-state index contributed by atoms with van der Waals surface area (Å²) in [7, 11) is 0. The summed E-state index contributed by atoms with van der Waals surface area (Å²) in [5.41, 5.74) is 0.459. The Bertz CT molecular complexity index is 582. The number of H-pyrrole nitrogens is 1. The predicted octanol–water partition coefficient (Wildman–Crippen LogP) is -0.634. The molecule has 0 bridgehead atoms. The molecule has 1 heterocycles. The first-order valence-corrected chi connectivity index (χ1v) is 5.68. The van der Waals surface area contributed by atoms with Crippen LogP contribution >= 0.6 is 0 Å². The molecule has 2 rings (SSSR count). The number of nitrogens with one attached hydrogen (secondary N) is 2. The van der Waals surface area contributed by atoms with Gasteiger partial charge < -0.3 is 20.5 Å². The average Bonchev–Trinajstić information content (AvgIpc) is 2.38. The molecule has 1 aromatic carbocycles. The number of hydrogen-bond donors (Lipinski definition) is 4.